The average molecular weight is 455 g/mol. The molecule has 2 saturated heterocycles. The zero-order valence-electron chi connectivity index (χ0n) is 16.9. The summed E-state index contributed by atoms with van der Waals surface area (Å²) in [6.45, 7) is 5.09. The molecule has 2 aliphatic heterocycles. The Kier molecular flexibility index (Phi) is 9.87. The number of ether oxygens (including phenoxy) is 1. The molecule has 4 N–H and O–H groups in total. The number of carbonyl (C=O) groups excluding carboxylic acids is 1. The fourth-order valence-corrected chi connectivity index (χ4v) is 3.67. The molecule has 0 bridgehead atoms. The van der Waals surface area contributed by atoms with Gasteiger partial charge in [-0.1, -0.05) is 17.8 Å². The van der Waals surface area contributed by atoms with Crippen LogP contribution in [-0.4, -0.2) is 48.1 Å². The molecule has 1 aromatic carbocycles. The minimum atomic E-state index is -0.352. The molecule has 0 aliphatic carbocycles. The van der Waals surface area contributed by atoms with E-state index in [0.29, 0.717) is 36.3 Å². The Labute approximate surface area is 187 Å². The van der Waals surface area contributed by atoms with Gasteiger partial charge in [-0.2, -0.15) is 17.4 Å². The van der Waals surface area contributed by atoms with E-state index in [0.717, 1.165) is 12.8 Å². The van der Waals surface area contributed by atoms with Crippen molar-refractivity contribution >= 4 is 11.8 Å². The Bertz CT molecular complexity index is 769. The van der Waals surface area contributed by atoms with Crippen LogP contribution < -0.4 is 16.2 Å². The van der Waals surface area contributed by atoms with Gasteiger partial charge >= 0.3 is 22.6 Å². The molecule has 0 radical (unpaired) electrons. The van der Waals surface area contributed by atoms with Crippen LogP contribution in [0.15, 0.2) is 52.3 Å². The number of benzene rings is 1. The molecule has 0 spiro atoms. The van der Waals surface area contributed by atoms with Crippen LogP contribution in [0.4, 0.5) is 10.5 Å². The van der Waals surface area contributed by atoms with Gasteiger partial charge in [0.05, 0.1) is 0 Å². The van der Waals surface area contributed by atoms with Crippen LogP contribution in [0, 0.1) is 12.7 Å². The van der Waals surface area contributed by atoms with Crippen molar-refractivity contribution in [3.8, 4) is 5.75 Å². The van der Waals surface area contributed by atoms with Crippen LogP contribution in [-0.2, 0) is 16.5 Å². The Hall–Kier alpha value is -2.35. The van der Waals surface area contributed by atoms with Crippen molar-refractivity contribution in [3.05, 3.63) is 54.9 Å². The van der Waals surface area contributed by atoms with Crippen molar-refractivity contribution in [2.75, 3.05) is 26.2 Å². The van der Waals surface area contributed by atoms with Crippen LogP contribution in [0.1, 0.15) is 25.7 Å². The van der Waals surface area contributed by atoms with Gasteiger partial charge in [0.1, 0.15) is 5.69 Å². The van der Waals surface area contributed by atoms with E-state index < -0.39 is 0 Å². The average Bonchev–Trinajstić information content (AvgIpc) is 3.30. The second-order valence-electron chi connectivity index (χ2n) is 7.09. The van der Waals surface area contributed by atoms with Crippen molar-refractivity contribution in [3.63, 3.8) is 0 Å². The normalized spacial score (nSPS) is 18.7. The van der Waals surface area contributed by atoms with E-state index in [4.69, 9.17) is 16.2 Å². The van der Waals surface area contributed by atoms with Gasteiger partial charge in [0, 0.05) is 19.1 Å². The molecule has 0 atom stereocenters. The maximum absolute atomic E-state index is 12.6. The molecule has 3 rings (SSSR count). The van der Waals surface area contributed by atoms with Gasteiger partial charge in [-0.05, 0) is 50.9 Å². The smallest absolute Gasteiger partial charge is 0.490 e. The molecular formula is C21H28N6NiO2. The number of para-hydroxylation sites is 1. The summed E-state index contributed by atoms with van der Waals surface area (Å²) < 4.78 is 5.61. The van der Waals surface area contributed by atoms with Crippen LogP contribution in [0.3, 0.4) is 0 Å². The third-order valence-electron chi connectivity index (χ3n) is 5.24. The minimum Gasteiger partial charge on any atom is -0.490 e. The summed E-state index contributed by atoms with van der Waals surface area (Å²) in [6.07, 6.45) is 9.62. The van der Waals surface area contributed by atoms with Crippen LogP contribution in [0.5, 0.6) is 5.75 Å². The van der Waals surface area contributed by atoms with Gasteiger partial charge in [0.25, 0.3) is 0 Å². The Morgan fingerprint density at radius 1 is 1.20 bits per heavy atom. The molecule has 2 aliphatic rings. The molecule has 0 saturated carbocycles. The van der Waals surface area contributed by atoms with Gasteiger partial charge in [0.15, 0.2) is 5.75 Å². The Morgan fingerprint density at radius 2 is 1.90 bits per heavy atom. The van der Waals surface area contributed by atoms with Crippen LogP contribution >= 0.6 is 0 Å². The van der Waals surface area contributed by atoms with Crippen molar-refractivity contribution in [1.29, 1.82) is 0 Å². The zero-order chi connectivity index (χ0) is 20.5. The summed E-state index contributed by atoms with van der Waals surface area (Å²) in [7, 11) is 0. The largest absolute Gasteiger partial charge is 2.00 e. The molecule has 0 aromatic heterocycles. The number of carbonyl (C=O) groups is 1. The standard InChI is InChI=1S/C21H28N6O2.Ni/c22-11-5-6-17(16-23)24-25-19-7-1-2-8-20(19)29-21(28)27-14-9-18(10-15-27)26-12-3-4-13-26;/h1-2,5-8,16,18H,3-4,9-10,12-15,22-23H2;/q-2;+2/b17-6+,25-24?;. The van der Waals surface area contributed by atoms with Crippen LogP contribution in [0.25, 0.3) is 0 Å². The number of nitrogens with two attached hydrogens (primary N) is 2. The molecule has 164 valence electrons. The molecule has 2 heterocycles. The first-order valence-electron chi connectivity index (χ1n) is 9.97. The van der Waals surface area contributed by atoms with Crippen molar-refractivity contribution in [2.24, 2.45) is 21.7 Å². The van der Waals surface area contributed by atoms with E-state index in [1.807, 2.05) is 0 Å². The number of nitrogens with zero attached hydrogens (tertiary/aromatic N) is 4. The van der Waals surface area contributed by atoms with Gasteiger partial charge in [-0.15, -0.1) is 11.7 Å². The Balaban J connectivity index is 0.00000320. The quantitative estimate of drug-likeness (QED) is 0.225. The van der Waals surface area contributed by atoms with E-state index in [2.05, 4.69) is 21.3 Å². The topological polar surface area (TPSA) is 110 Å². The third-order valence-corrected chi connectivity index (χ3v) is 5.24. The molecule has 1 aromatic rings. The second kappa shape index (κ2) is 12.4. The molecule has 30 heavy (non-hydrogen) atoms. The van der Waals surface area contributed by atoms with E-state index in [1.54, 1.807) is 35.2 Å². The van der Waals surface area contributed by atoms with Crippen molar-refractivity contribution in [1.82, 2.24) is 9.80 Å². The molecule has 1 amide bonds. The van der Waals surface area contributed by atoms with Crippen molar-refractivity contribution in [2.45, 2.75) is 31.7 Å². The summed E-state index contributed by atoms with van der Waals surface area (Å²) in [5.74, 6) is 0.361. The van der Waals surface area contributed by atoms with Crippen LogP contribution in [0.2, 0.25) is 0 Å². The monoisotopic (exact) mass is 454 g/mol. The number of amides is 1. The number of hydrogen-bond donors (Lipinski definition) is 2. The van der Waals surface area contributed by atoms with Crippen molar-refractivity contribution < 1.29 is 26.0 Å². The maximum atomic E-state index is 12.6. The summed E-state index contributed by atoms with van der Waals surface area (Å²) in [6, 6.07) is 7.60. The molecular weight excluding hydrogens is 427 g/mol. The summed E-state index contributed by atoms with van der Waals surface area (Å²) >= 11 is 0. The van der Waals surface area contributed by atoms with E-state index in [1.165, 1.54) is 38.6 Å². The van der Waals surface area contributed by atoms with Gasteiger partial charge in [-0.25, -0.2) is 10.9 Å². The number of likely N-dealkylation sites (tertiary alicyclic amines) is 2. The van der Waals surface area contributed by atoms with Gasteiger partial charge in [0.2, 0.25) is 0 Å². The predicted octanol–water partition coefficient (Wildman–Crippen LogP) is 3.11. The summed E-state index contributed by atoms with van der Waals surface area (Å²) in [4.78, 5) is 17.0. The molecule has 9 heteroatoms. The Morgan fingerprint density at radius 3 is 2.57 bits per heavy atom. The van der Waals surface area contributed by atoms with E-state index in [-0.39, 0.29) is 22.6 Å². The first-order valence-corrected chi connectivity index (χ1v) is 9.97. The fourth-order valence-electron chi connectivity index (χ4n) is 3.67. The number of rotatable bonds is 6. The summed E-state index contributed by atoms with van der Waals surface area (Å²) in [5, 5.41) is 8.20. The maximum Gasteiger partial charge on any atom is 2.00 e. The van der Waals surface area contributed by atoms with E-state index >= 15 is 0 Å². The van der Waals surface area contributed by atoms with Gasteiger partial charge in [-0.3, -0.25) is 0 Å². The van der Waals surface area contributed by atoms with Gasteiger partial charge < -0.3 is 26.0 Å². The number of allylic oxidation sites excluding steroid dienone is 2. The fraction of sp³-hybridized carbons (Fsp3) is 0.429. The first-order chi connectivity index (χ1) is 14.2. The number of piperidine rings is 1. The molecule has 2 fully saturated rings. The molecule has 8 nitrogen and oxygen atoms in total. The molecule has 0 unspecified atom stereocenters. The van der Waals surface area contributed by atoms with E-state index in [9.17, 15) is 4.79 Å². The zero-order valence-corrected chi connectivity index (χ0v) is 17.8. The minimum absolute atomic E-state index is 0. The first kappa shape index (κ1) is 23.9. The summed E-state index contributed by atoms with van der Waals surface area (Å²) in [5.41, 5.74) is 11.6. The number of hydrogen-bond acceptors (Lipinski definition) is 7. The predicted molar refractivity (Wildman–Crippen MR) is 111 cm³/mol. The number of azo groups is 1. The third kappa shape index (κ3) is 6.59. The SMILES string of the molecule is N[C-]=C/C=C(\[CH-]N)N=Nc1ccccc1OC(=O)N1CCC(N2CCCC2)CC1.[Ni+2]. The second-order valence-corrected chi connectivity index (χ2v) is 7.09.